The lowest BCUT2D eigenvalue weighted by atomic mass is 10.1. The molecule has 2 aromatic rings. The van der Waals surface area contributed by atoms with Crippen molar-refractivity contribution in [3.8, 4) is 0 Å². The Bertz CT molecular complexity index is 799. The van der Waals surface area contributed by atoms with E-state index in [-0.39, 0.29) is 17.3 Å². The summed E-state index contributed by atoms with van der Waals surface area (Å²) in [4.78, 5) is 13.3. The van der Waals surface area contributed by atoms with Gasteiger partial charge in [-0.3, -0.25) is 9.35 Å². The number of hydrogen-bond acceptors (Lipinski definition) is 3. The largest absolute Gasteiger partial charge is 0.308 e. The smallest absolute Gasteiger partial charge is 0.294 e. The lowest BCUT2D eigenvalue weighted by molar-refractivity contribution is -0.116. The van der Waals surface area contributed by atoms with Crippen LogP contribution in [0, 0.1) is 6.92 Å². The second kappa shape index (κ2) is 6.29. The Hall–Kier alpha value is -2.18. The fourth-order valence-corrected chi connectivity index (χ4v) is 2.72. The monoisotopic (exact) mass is 319 g/mol. The molecule has 0 aliphatic carbocycles. The molecule has 0 bridgehead atoms. The third kappa shape index (κ3) is 3.93. The van der Waals surface area contributed by atoms with E-state index < -0.39 is 10.1 Å². The summed E-state index contributed by atoms with van der Waals surface area (Å²) in [5.74, 6) is -0.150. The van der Waals surface area contributed by atoms with Crippen LogP contribution in [0.1, 0.15) is 18.1 Å². The number of hydrogen-bond donors (Lipinski definition) is 1. The van der Waals surface area contributed by atoms with Gasteiger partial charge in [0.2, 0.25) is 5.91 Å². The lowest BCUT2D eigenvalue weighted by Gasteiger charge is -2.22. The quantitative estimate of drug-likeness (QED) is 0.879. The molecule has 0 aromatic heterocycles. The average Bonchev–Trinajstić information content (AvgIpc) is 2.44. The summed E-state index contributed by atoms with van der Waals surface area (Å²) in [6, 6.07) is 13.4. The van der Waals surface area contributed by atoms with E-state index in [4.69, 9.17) is 4.55 Å². The SMILES string of the molecule is CC(=O)N(Cc1cccc(S(=O)(=O)O)c1)c1cccc(C)c1. The number of carbonyl (C=O) groups excluding carboxylic acids is 1. The molecule has 5 nitrogen and oxygen atoms in total. The van der Waals surface area contributed by atoms with Crippen LogP contribution in [-0.2, 0) is 21.5 Å². The van der Waals surface area contributed by atoms with Crippen molar-refractivity contribution >= 4 is 21.7 Å². The predicted octanol–water partition coefficient (Wildman–Crippen LogP) is 2.79. The molecule has 0 unspecified atom stereocenters. The van der Waals surface area contributed by atoms with Crippen LogP contribution in [0.2, 0.25) is 0 Å². The minimum absolute atomic E-state index is 0.150. The van der Waals surface area contributed by atoms with Gasteiger partial charge in [-0.15, -0.1) is 0 Å². The Morgan fingerprint density at radius 3 is 2.41 bits per heavy atom. The summed E-state index contributed by atoms with van der Waals surface area (Å²) in [6.07, 6.45) is 0. The van der Waals surface area contributed by atoms with E-state index in [9.17, 15) is 13.2 Å². The van der Waals surface area contributed by atoms with Gasteiger partial charge in [0.25, 0.3) is 10.1 Å². The van der Waals surface area contributed by atoms with Gasteiger partial charge in [-0.2, -0.15) is 8.42 Å². The van der Waals surface area contributed by atoms with Crippen molar-refractivity contribution in [1.82, 2.24) is 0 Å². The molecule has 0 heterocycles. The normalized spacial score (nSPS) is 11.2. The van der Waals surface area contributed by atoms with E-state index in [0.29, 0.717) is 5.56 Å². The van der Waals surface area contributed by atoms with Crippen LogP contribution < -0.4 is 4.90 Å². The Balaban J connectivity index is 2.35. The molecule has 0 saturated heterocycles. The summed E-state index contributed by atoms with van der Waals surface area (Å²) in [5, 5.41) is 0. The molecule has 22 heavy (non-hydrogen) atoms. The molecular weight excluding hydrogens is 302 g/mol. The molecule has 1 N–H and O–H groups in total. The zero-order valence-electron chi connectivity index (χ0n) is 12.4. The fourth-order valence-electron chi connectivity index (χ4n) is 2.17. The van der Waals surface area contributed by atoms with Crippen LogP contribution in [0.3, 0.4) is 0 Å². The third-order valence-corrected chi connectivity index (χ3v) is 4.08. The molecule has 6 heteroatoms. The number of rotatable bonds is 4. The van der Waals surface area contributed by atoms with Crippen LogP contribution in [-0.4, -0.2) is 18.9 Å². The first-order valence-electron chi connectivity index (χ1n) is 6.68. The summed E-state index contributed by atoms with van der Waals surface area (Å²) in [6.45, 7) is 3.61. The van der Waals surface area contributed by atoms with Gasteiger partial charge in [0.15, 0.2) is 0 Å². The molecule has 0 fully saturated rings. The molecule has 0 atom stereocenters. The Morgan fingerprint density at radius 1 is 1.14 bits per heavy atom. The van der Waals surface area contributed by atoms with Gasteiger partial charge in [-0.05, 0) is 42.3 Å². The maximum Gasteiger partial charge on any atom is 0.294 e. The topological polar surface area (TPSA) is 74.7 Å². The van der Waals surface area contributed by atoms with Gasteiger partial charge >= 0.3 is 0 Å². The van der Waals surface area contributed by atoms with Crippen molar-refractivity contribution in [3.05, 3.63) is 59.7 Å². The van der Waals surface area contributed by atoms with Gasteiger partial charge in [0.05, 0.1) is 11.4 Å². The number of carbonyl (C=O) groups is 1. The van der Waals surface area contributed by atoms with Crippen molar-refractivity contribution in [1.29, 1.82) is 0 Å². The van der Waals surface area contributed by atoms with Crippen LogP contribution in [0.15, 0.2) is 53.4 Å². The van der Waals surface area contributed by atoms with E-state index in [1.807, 2.05) is 31.2 Å². The highest BCUT2D eigenvalue weighted by atomic mass is 32.2. The average molecular weight is 319 g/mol. The number of benzene rings is 2. The van der Waals surface area contributed by atoms with Gasteiger partial charge in [0.1, 0.15) is 0 Å². The van der Waals surface area contributed by atoms with E-state index in [0.717, 1.165) is 11.3 Å². The van der Waals surface area contributed by atoms with E-state index in [1.54, 1.807) is 11.0 Å². The molecule has 116 valence electrons. The summed E-state index contributed by atoms with van der Waals surface area (Å²) >= 11 is 0. The highest BCUT2D eigenvalue weighted by molar-refractivity contribution is 7.85. The number of amides is 1. The zero-order valence-corrected chi connectivity index (χ0v) is 13.2. The molecule has 0 spiro atoms. The van der Waals surface area contributed by atoms with Crippen LogP contribution >= 0.6 is 0 Å². The van der Waals surface area contributed by atoms with Crippen LogP contribution in [0.25, 0.3) is 0 Å². The maximum absolute atomic E-state index is 11.9. The molecule has 0 saturated carbocycles. The van der Waals surface area contributed by atoms with Crippen LogP contribution in [0.4, 0.5) is 5.69 Å². The zero-order chi connectivity index (χ0) is 16.3. The Morgan fingerprint density at radius 2 is 1.82 bits per heavy atom. The molecule has 2 rings (SSSR count). The maximum atomic E-state index is 11.9. The molecule has 0 radical (unpaired) electrons. The van der Waals surface area contributed by atoms with E-state index in [1.165, 1.54) is 25.1 Å². The summed E-state index contributed by atoms with van der Waals surface area (Å²) < 4.78 is 31.5. The Kier molecular flexibility index (Phi) is 4.63. The van der Waals surface area contributed by atoms with Crippen molar-refractivity contribution in [2.75, 3.05) is 4.90 Å². The highest BCUT2D eigenvalue weighted by Gasteiger charge is 2.15. The predicted molar refractivity (Wildman–Crippen MR) is 84.3 cm³/mol. The van der Waals surface area contributed by atoms with Crippen molar-refractivity contribution in [2.45, 2.75) is 25.3 Å². The van der Waals surface area contributed by atoms with Gasteiger partial charge < -0.3 is 4.90 Å². The lowest BCUT2D eigenvalue weighted by Crippen LogP contribution is -2.27. The minimum Gasteiger partial charge on any atom is -0.308 e. The van der Waals surface area contributed by atoms with Gasteiger partial charge in [-0.25, -0.2) is 0 Å². The van der Waals surface area contributed by atoms with Crippen molar-refractivity contribution in [3.63, 3.8) is 0 Å². The molecule has 0 aliphatic rings. The second-order valence-electron chi connectivity index (χ2n) is 5.07. The first kappa shape index (κ1) is 16.2. The van der Waals surface area contributed by atoms with E-state index >= 15 is 0 Å². The van der Waals surface area contributed by atoms with E-state index in [2.05, 4.69) is 0 Å². The summed E-state index contributed by atoms with van der Waals surface area (Å²) in [5.41, 5.74) is 2.38. The van der Waals surface area contributed by atoms with Crippen LogP contribution in [0.5, 0.6) is 0 Å². The Labute approximate surface area is 129 Å². The number of anilines is 1. The van der Waals surface area contributed by atoms with Crippen molar-refractivity contribution in [2.24, 2.45) is 0 Å². The molecule has 1 amide bonds. The van der Waals surface area contributed by atoms with Gasteiger partial charge in [-0.1, -0.05) is 24.3 Å². The number of nitrogens with zero attached hydrogens (tertiary/aromatic N) is 1. The fraction of sp³-hybridized carbons (Fsp3) is 0.188. The van der Waals surface area contributed by atoms with Crippen molar-refractivity contribution < 1.29 is 17.8 Å². The first-order valence-corrected chi connectivity index (χ1v) is 8.12. The number of aryl methyl sites for hydroxylation is 1. The standard InChI is InChI=1S/C16H17NO4S/c1-12-5-3-7-15(9-12)17(13(2)18)11-14-6-4-8-16(10-14)22(19,20)21/h3-10H,11H2,1-2H3,(H,19,20,21). The third-order valence-electron chi connectivity index (χ3n) is 3.23. The second-order valence-corrected chi connectivity index (χ2v) is 6.49. The minimum atomic E-state index is -4.26. The molecule has 0 aliphatic heterocycles. The molecule has 2 aromatic carbocycles. The highest BCUT2D eigenvalue weighted by Crippen LogP contribution is 2.20. The van der Waals surface area contributed by atoms with Gasteiger partial charge in [0, 0.05) is 12.6 Å². The molecular formula is C16H17NO4S. The summed E-state index contributed by atoms with van der Waals surface area (Å²) in [7, 11) is -4.26. The first-order chi connectivity index (χ1) is 10.3.